The zero-order chi connectivity index (χ0) is 102. The topological polar surface area (TPSA) is 513 Å². The van der Waals surface area contributed by atoms with Crippen LogP contribution in [0, 0.1) is 40.7 Å². The number of aromatic nitrogens is 20. The van der Waals surface area contributed by atoms with Crippen LogP contribution in [-0.4, -0.2) is 163 Å². The van der Waals surface area contributed by atoms with Crippen LogP contribution in [0.15, 0.2) is 210 Å². The maximum atomic E-state index is 14.2. The Morgan fingerprint density at radius 2 is 0.881 bits per heavy atom. The van der Waals surface area contributed by atoms with Crippen molar-refractivity contribution in [3.63, 3.8) is 0 Å². The third kappa shape index (κ3) is 23.2. The number of primary amides is 1. The average Bonchev–Trinajstić information content (AvgIpc) is 1.58. The van der Waals surface area contributed by atoms with Gasteiger partial charge in [0.15, 0.2) is 61.9 Å². The maximum Gasteiger partial charge on any atom is 0.412 e. The van der Waals surface area contributed by atoms with Crippen LogP contribution in [0.4, 0.5) is 73.3 Å². The number of methoxy groups -OCH3 is 2. The van der Waals surface area contributed by atoms with Crippen LogP contribution in [0.1, 0.15) is 72.2 Å². The van der Waals surface area contributed by atoms with Gasteiger partial charge in [0.1, 0.15) is 93.1 Å². The van der Waals surface area contributed by atoms with Crippen molar-refractivity contribution in [3.8, 4) is 81.1 Å². The lowest BCUT2D eigenvalue weighted by Gasteiger charge is -2.20. The Morgan fingerprint density at radius 1 is 0.469 bits per heavy atom. The van der Waals surface area contributed by atoms with Crippen LogP contribution in [0.2, 0.25) is 10.3 Å². The standard InChI is InChI=1S/C23H20FN5O4.C22H23FN6O4.C18H16FN7O3.C15H9ClF4N4O.C15H11ClF2N4O/c1-32-20-11-18(28-29(20)13-16-9-5-6-10-17(16)24)21-25-12-19(22(30)27-21)26-23(31)33-14-15-7-3-2-4-8-15;1-4-32-15-10-14(28-29(15)11-12-8-6-7-9-13(12)23)18-25-17(24)16-19(26-18)27-20(30)22(16,3)21(31)33-5-2;1-18(16(21)28)12-13(20)22-14(23-15(12)24-17(18)29)10-6-11(27)26(25-10)7-8-4-2-3-5-9(8)19;16-13-10(18)6-21-14(22-13)11-5-12(25-15(19)20)24(23-11)7-8-3-1-2-4-9(8)17;1-23-13-6-12(15-19-7-11(18)14(16)20-15)21-22(13)8-9-4-2-3-5-10(9)17/h2-12H,13-14H2,1H3,(H,26,31)(H,25,27,30);6-10H,4-5,11H2,1-3H3,(H3,24,25,26,27,30);2-6,25H,7H2,1H3,(H2,21,28)(H3,20,22,23,24,29);1-6,15H,7H2;2-7H,8H2,1H3. The van der Waals surface area contributed by atoms with E-state index in [9.17, 15) is 73.1 Å². The number of nitrogens with two attached hydrogens (primary N) is 3. The highest BCUT2D eigenvalue weighted by Gasteiger charge is 2.54. The first-order chi connectivity index (χ1) is 68.5. The molecule has 0 bridgehead atoms. The molecule has 50 heteroatoms. The monoisotopic (exact) mass is 2010 g/mol. The summed E-state index contributed by atoms with van der Waals surface area (Å²) in [6.07, 6.45) is 2.22. The summed E-state index contributed by atoms with van der Waals surface area (Å²) in [7, 11) is 2.93. The van der Waals surface area contributed by atoms with Gasteiger partial charge in [0.2, 0.25) is 41.2 Å². The van der Waals surface area contributed by atoms with E-state index in [1.54, 1.807) is 104 Å². The molecular weight excluding hydrogens is 1930 g/mol. The van der Waals surface area contributed by atoms with Crippen LogP contribution in [0.3, 0.4) is 0 Å². The van der Waals surface area contributed by atoms with Crippen LogP contribution in [0.25, 0.3) is 57.6 Å². The van der Waals surface area contributed by atoms with Gasteiger partial charge in [-0.3, -0.25) is 39.2 Å². The predicted molar refractivity (Wildman–Crippen MR) is 497 cm³/mol. The third-order valence-corrected chi connectivity index (χ3v) is 21.9. The Labute approximate surface area is 811 Å². The molecule has 2 atom stereocenters. The largest absolute Gasteiger partial charge is 0.481 e. The van der Waals surface area contributed by atoms with Crippen molar-refractivity contribution < 1.29 is 91.9 Å². The molecule has 0 radical (unpaired) electrons. The van der Waals surface area contributed by atoms with E-state index in [-0.39, 0.29) is 161 Å². The molecule has 2 aliphatic heterocycles. The number of rotatable bonds is 27. The maximum absolute atomic E-state index is 14.2. The molecule has 18 rings (SSSR count). The van der Waals surface area contributed by atoms with Gasteiger partial charge in [-0.1, -0.05) is 145 Å². The lowest BCUT2D eigenvalue weighted by Crippen LogP contribution is -2.44. The number of H-pyrrole nitrogens is 2. The zero-order valence-electron chi connectivity index (χ0n) is 75.5. The van der Waals surface area contributed by atoms with E-state index in [1.165, 1.54) is 102 Å². The molecule has 0 spiro atoms. The van der Waals surface area contributed by atoms with Crippen molar-refractivity contribution in [3.05, 3.63) is 317 Å². The number of nitrogens with zero attached hydrogens (tertiary/aromatic N) is 18. The molecule has 0 saturated heterocycles. The Kier molecular flexibility index (Phi) is 31.4. The number of esters is 1. The third-order valence-electron chi connectivity index (χ3n) is 21.3. The number of carbonyl (C=O) groups is 5. The minimum Gasteiger partial charge on any atom is -0.481 e. The summed E-state index contributed by atoms with van der Waals surface area (Å²) in [5.74, 6) is -5.29. The number of hydrogen-bond donors (Lipinski definition) is 8. The second-order valence-corrected chi connectivity index (χ2v) is 31.5. The SMILES string of the molecule is CC1(C(N)=O)C(=O)Nc2nc(-c3cc(=O)n(Cc4ccccc4F)[nH]3)nc(N)c21.CCOC(=O)C1(C)C(=O)Nc2nc(-c3cc(OCC)n(Cc4ccccc4F)n3)nc(N)c21.COc1cc(-c2ncc(F)c(Cl)n2)nn1Cc1ccccc1F.COc1cc(-c2ncc(NC(=O)OCc3ccccc3)c(=O)[nH]2)nn1Cc1ccccc1F.Fc1ccccc1Cn1nc(-c2ncc(F)c(Cl)n2)cc1OC(F)F. The first-order valence-corrected chi connectivity index (χ1v) is 43.2. The van der Waals surface area contributed by atoms with Gasteiger partial charge in [0, 0.05) is 58.1 Å². The van der Waals surface area contributed by atoms with Crippen molar-refractivity contribution in [2.45, 2.75) is 84.5 Å². The number of ether oxygens (including phenoxy) is 6. The molecule has 0 aliphatic carbocycles. The fourth-order valence-corrected chi connectivity index (χ4v) is 14.3. The summed E-state index contributed by atoms with van der Waals surface area (Å²) in [6.45, 7) is 3.88. The number of nitrogen functional groups attached to an aromatic ring is 2. The number of aromatic amines is 2. The Morgan fingerprint density at radius 3 is 1.34 bits per heavy atom. The number of nitrogens with one attached hydrogen (secondary N) is 5. The number of hydrogen-bond acceptors (Lipinski definition) is 28. The molecule has 2 unspecified atom stereocenters. The molecule has 10 aromatic heterocycles. The highest BCUT2D eigenvalue weighted by atomic mass is 35.5. The molecule has 143 heavy (non-hydrogen) atoms. The number of benzene rings is 6. The van der Waals surface area contributed by atoms with Gasteiger partial charge in [-0.05, 0) is 63.6 Å². The predicted octanol–water partition coefficient (Wildman–Crippen LogP) is 13.2. The normalized spacial score (nSPS) is 13.6. The molecule has 2 aliphatic rings. The van der Waals surface area contributed by atoms with Crippen molar-refractivity contribution >= 4 is 81.9 Å². The van der Waals surface area contributed by atoms with Gasteiger partial charge in [-0.25, -0.2) is 104 Å². The zero-order valence-corrected chi connectivity index (χ0v) is 77.0. The van der Waals surface area contributed by atoms with Gasteiger partial charge in [-0.15, -0.1) is 0 Å². The molecule has 39 nitrogen and oxygen atoms in total. The lowest BCUT2D eigenvalue weighted by atomic mass is 9.84. The van der Waals surface area contributed by atoms with E-state index in [2.05, 4.69) is 96.0 Å². The molecule has 6 aromatic carbocycles. The molecule has 4 amide bonds. The smallest absolute Gasteiger partial charge is 0.412 e. The van der Waals surface area contributed by atoms with Gasteiger partial charge in [0.05, 0.1) is 89.9 Å². The molecule has 11 N–H and O–H groups in total. The molecule has 0 fully saturated rings. The number of fused-ring (bicyclic) bond motifs is 2. The molecule has 16 aromatic rings. The summed E-state index contributed by atoms with van der Waals surface area (Å²) >= 11 is 11.2. The van der Waals surface area contributed by atoms with Crippen LogP contribution < -0.4 is 63.2 Å². The quantitative estimate of drug-likeness (QED) is 0.0103. The van der Waals surface area contributed by atoms with E-state index in [1.807, 2.05) is 37.3 Å². The van der Waals surface area contributed by atoms with Gasteiger partial charge < -0.3 is 61.2 Å². The summed E-state index contributed by atoms with van der Waals surface area (Å²) < 4.78 is 158. The fourth-order valence-electron chi connectivity index (χ4n) is 14.1. The van der Waals surface area contributed by atoms with Crippen LogP contribution in [0.5, 0.6) is 23.5 Å². The van der Waals surface area contributed by atoms with E-state index < -0.39 is 86.8 Å². The fraction of sp³-hybridized carbons (Fsp3) is 0.183. The minimum absolute atomic E-state index is 0.0221. The molecule has 736 valence electrons. The molecular formula is C93H79Cl2F9N26O13. The van der Waals surface area contributed by atoms with Crippen molar-refractivity contribution in [2.24, 2.45) is 5.73 Å². The van der Waals surface area contributed by atoms with Gasteiger partial charge in [0.25, 0.3) is 11.1 Å². The highest BCUT2D eigenvalue weighted by molar-refractivity contribution is 6.30. The first kappa shape index (κ1) is 101. The first-order valence-electron chi connectivity index (χ1n) is 42.4. The molecule has 0 saturated carbocycles. The second kappa shape index (κ2) is 44.4. The van der Waals surface area contributed by atoms with E-state index >= 15 is 0 Å². The van der Waals surface area contributed by atoms with Gasteiger partial charge >= 0.3 is 18.7 Å². The van der Waals surface area contributed by atoms with E-state index in [4.69, 9.17) is 64.1 Å². The number of amides is 4. The summed E-state index contributed by atoms with van der Waals surface area (Å²) in [5.41, 5.74) is 17.2. The van der Waals surface area contributed by atoms with E-state index in [0.717, 1.165) is 28.7 Å². The van der Waals surface area contributed by atoms with Gasteiger partial charge in [-0.2, -0.15) is 29.2 Å². The van der Waals surface area contributed by atoms with Crippen molar-refractivity contribution in [1.29, 1.82) is 0 Å². The summed E-state index contributed by atoms with van der Waals surface area (Å²) in [5, 5.41) is 26.6. The Balaban J connectivity index is 0.000000143. The number of halogens is 11. The second-order valence-electron chi connectivity index (χ2n) is 30.8. The lowest BCUT2D eigenvalue weighted by molar-refractivity contribution is -0.152. The van der Waals surface area contributed by atoms with Crippen molar-refractivity contribution in [2.75, 3.05) is 54.9 Å². The number of carbonyl (C=O) groups excluding carboxylic acids is 5. The molecule has 12 heterocycles. The van der Waals surface area contributed by atoms with Crippen LogP contribution in [-0.2, 0) is 78.8 Å². The van der Waals surface area contributed by atoms with Crippen LogP contribution >= 0.6 is 23.2 Å². The Hall–Kier alpha value is -17.7. The Bertz CT molecular complexity index is 7580. The van der Waals surface area contributed by atoms with Crippen molar-refractivity contribution in [1.82, 2.24) is 98.7 Å². The summed E-state index contributed by atoms with van der Waals surface area (Å²) in [4.78, 5) is 125. The minimum atomic E-state index is -3.11. The summed E-state index contributed by atoms with van der Waals surface area (Å²) in [6, 6.07) is 47.2. The number of anilines is 5. The average molecular weight is 2010 g/mol. The van der Waals surface area contributed by atoms with E-state index in [0.29, 0.717) is 63.6 Å². The highest BCUT2D eigenvalue weighted by Crippen LogP contribution is 2.44. The number of alkyl halides is 2.